The number of halogens is 2. The van der Waals surface area contributed by atoms with Crippen molar-refractivity contribution in [1.29, 1.82) is 0 Å². The summed E-state index contributed by atoms with van der Waals surface area (Å²) in [5.74, 6) is 0. The molecule has 0 unspecified atom stereocenters. The van der Waals surface area contributed by atoms with Gasteiger partial charge in [-0.15, -0.1) is 0 Å². The van der Waals surface area contributed by atoms with Gasteiger partial charge in [0.05, 0.1) is 0 Å². The molecule has 2 aromatic carbocycles. The first-order chi connectivity index (χ1) is 7.49. The minimum atomic E-state index is -5.10. The number of benzene rings is 2. The molecule has 0 spiro atoms. The molecule has 0 heterocycles. The zero-order chi connectivity index (χ0) is 11.7. The molecule has 0 aromatic heterocycles. The van der Waals surface area contributed by atoms with Crippen molar-refractivity contribution in [1.82, 2.24) is 0 Å². The first-order valence-electron chi connectivity index (χ1n) is 4.78. The van der Waals surface area contributed by atoms with E-state index in [0.29, 0.717) is 7.14 Å². The van der Waals surface area contributed by atoms with Crippen molar-refractivity contribution in [3.63, 3.8) is 0 Å². The minimum absolute atomic E-state index is 0.416. The Morgan fingerprint density at radius 2 is 1.00 bits per heavy atom. The van der Waals surface area contributed by atoms with Gasteiger partial charge in [0.2, 0.25) is 0 Å². The molecule has 0 aliphatic heterocycles. The molecule has 0 aliphatic carbocycles. The zero-order valence-electron chi connectivity index (χ0n) is 8.68. The van der Waals surface area contributed by atoms with Crippen LogP contribution in [0, 0.1) is 17.0 Å². The van der Waals surface area contributed by atoms with Crippen molar-refractivity contribution in [2.75, 3.05) is 0 Å². The molecule has 2 rings (SSSR count). The summed E-state index contributed by atoms with van der Waals surface area (Å²) < 4.78 is 15.8. The maximum atomic E-state index is 15.0. The van der Waals surface area contributed by atoms with E-state index in [4.69, 9.17) is 9.86 Å². The van der Waals surface area contributed by atoms with Crippen molar-refractivity contribution in [2.45, 2.75) is 0 Å². The fourth-order valence-corrected chi connectivity index (χ4v) is 5.94. The fraction of sp³-hybridized carbons (Fsp3) is 0. The average Bonchev–Trinajstić information content (AvgIpc) is 2.31. The van der Waals surface area contributed by atoms with E-state index in [1.54, 1.807) is 48.5 Å². The average molecular weight is 326 g/mol. The Bertz CT molecular complexity index is 425. The molecule has 0 saturated heterocycles. The van der Waals surface area contributed by atoms with Gasteiger partial charge in [-0.25, -0.2) is 0 Å². The van der Waals surface area contributed by atoms with Gasteiger partial charge in [-0.1, -0.05) is 0 Å². The summed E-state index contributed by atoms with van der Waals surface area (Å²) in [5, 5.41) is 0. The molecular weight excluding hydrogens is 314 g/mol. The van der Waals surface area contributed by atoms with E-state index >= 15 is 0 Å². The zero-order valence-corrected chi connectivity index (χ0v) is 10.8. The van der Waals surface area contributed by atoms with Gasteiger partial charge in [0.1, 0.15) is 0 Å². The summed E-state index contributed by atoms with van der Waals surface area (Å²) in [4.78, 5) is 11.8. The Morgan fingerprint density at radius 1 is 0.688 bits per heavy atom. The number of rotatable bonds is 2. The molecule has 0 atom stereocenters. The normalized spacial score (nSPS) is 14.1. The maximum absolute atomic E-state index is 15.0. The molecule has 0 saturated carbocycles. The second-order valence-corrected chi connectivity index (χ2v) is 11.6. The summed E-state index contributed by atoms with van der Waals surface area (Å²) in [6.07, 6.45) is 0. The van der Waals surface area contributed by atoms with Crippen LogP contribution in [0.1, 0.15) is 0 Å². The molecule has 16 heavy (non-hydrogen) atoms. The third-order valence-corrected chi connectivity index (χ3v) is 8.86. The van der Waals surface area contributed by atoms with Crippen LogP contribution in [0.5, 0.6) is 0 Å². The summed E-state index contributed by atoms with van der Waals surface area (Å²) in [5.41, 5.74) is 0. The molecule has 0 bridgehead atoms. The first-order valence-corrected chi connectivity index (χ1v) is 10.2. The van der Waals surface area contributed by atoms with Crippen LogP contribution in [0.25, 0.3) is 0 Å². The SMILES string of the molecule is [CH]I([CH])(F)(c1ccccc1)c1ccccc1. The third-order valence-electron chi connectivity index (χ3n) is 2.35. The third kappa shape index (κ3) is 1.98. The van der Waals surface area contributed by atoms with Crippen LogP contribution < -0.4 is 0 Å². The van der Waals surface area contributed by atoms with Crippen LogP contribution in [0.2, 0.25) is 0 Å². The van der Waals surface area contributed by atoms with E-state index < -0.39 is 17.6 Å². The Morgan fingerprint density at radius 3 is 1.31 bits per heavy atom. The van der Waals surface area contributed by atoms with Crippen molar-refractivity contribution >= 4 is 17.6 Å². The van der Waals surface area contributed by atoms with E-state index in [-0.39, 0.29) is 0 Å². The summed E-state index contributed by atoms with van der Waals surface area (Å²) >= 11 is -5.10. The van der Waals surface area contributed by atoms with Crippen LogP contribution in [0.4, 0.5) is 2.86 Å². The molecule has 4 radical (unpaired) electrons. The molecular formula is C14H12FI. The van der Waals surface area contributed by atoms with Crippen molar-refractivity contribution in [3.05, 3.63) is 77.7 Å². The predicted molar refractivity (Wildman–Crippen MR) is 74.0 cm³/mol. The number of hydrogen-bond donors (Lipinski definition) is 0. The molecule has 2 heteroatoms. The molecule has 0 aliphatic rings. The van der Waals surface area contributed by atoms with Gasteiger partial charge >= 0.3 is 98.1 Å². The molecule has 82 valence electrons. The Kier molecular flexibility index (Phi) is 2.78. The summed E-state index contributed by atoms with van der Waals surface area (Å²) in [6.45, 7) is 0. The summed E-state index contributed by atoms with van der Waals surface area (Å²) in [7, 11) is 0. The fourth-order valence-electron chi connectivity index (χ4n) is 1.47. The number of hydrogen-bond acceptors (Lipinski definition) is 0. The van der Waals surface area contributed by atoms with Gasteiger partial charge in [0.25, 0.3) is 0 Å². The molecule has 0 amide bonds. The molecule has 0 fully saturated rings. The molecule has 2 aromatic rings. The first kappa shape index (κ1) is 11.6. The van der Waals surface area contributed by atoms with Crippen LogP contribution in [-0.2, 0) is 0 Å². The van der Waals surface area contributed by atoms with E-state index in [1.165, 1.54) is 0 Å². The van der Waals surface area contributed by atoms with Crippen LogP contribution >= 0.6 is 17.6 Å². The van der Waals surface area contributed by atoms with E-state index in [2.05, 4.69) is 0 Å². The van der Waals surface area contributed by atoms with Gasteiger partial charge in [-0.05, 0) is 0 Å². The molecule has 0 N–H and O–H groups in total. The Hall–Kier alpha value is -0.900. The second-order valence-electron chi connectivity index (χ2n) is 3.56. The second kappa shape index (κ2) is 3.84. The Balaban J connectivity index is 2.60. The molecule has 0 nitrogen and oxygen atoms in total. The quantitative estimate of drug-likeness (QED) is 0.712. The Labute approximate surface area is 97.9 Å². The van der Waals surface area contributed by atoms with E-state index in [9.17, 15) is 2.86 Å². The van der Waals surface area contributed by atoms with Gasteiger partial charge < -0.3 is 0 Å². The van der Waals surface area contributed by atoms with Crippen molar-refractivity contribution < 1.29 is 2.86 Å². The van der Waals surface area contributed by atoms with E-state index in [1.807, 2.05) is 12.1 Å². The summed E-state index contributed by atoms with van der Waals surface area (Å²) in [6, 6.07) is 17.2. The van der Waals surface area contributed by atoms with Gasteiger partial charge in [0, 0.05) is 0 Å². The van der Waals surface area contributed by atoms with Crippen LogP contribution in [-0.4, -0.2) is 0 Å². The van der Waals surface area contributed by atoms with Crippen LogP contribution in [0.15, 0.2) is 60.7 Å². The predicted octanol–water partition coefficient (Wildman–Crippen LogP) is 4.53. The standard InChI is InChI=1S/C14H12FI/c1-16(2,15,13-9-5-3-6-10-13)14-11-7-4-8-12-14/h1-12H. The van der Waals surface area contributed by atoms with Crippen LogP contribution in [0.3, 0.4) is 0 Å². The van der Waals surface area contributed by atoms with Gasteiger partial charge in [-0.3, -0.25) is 0 Å². The van der Waals surface area contributed by atoms with Gasteiger partial charge in [0.15, 0.2) is 0 Å². The van der Waals surface area contributed by atoms with Gasteiger partial charge in [-0.2, -0.15) is 0 Å². The van der Waals surface area contributed by atoms with E-state index in [0.717, 1.165) is 0 Å². The van der Waals surface area contributed by atoms with Crippen molar-refractivity contribution in [3.8, 4) is 0 Å². The van der Waals surface area contributed by atoms with Crippen molar-refractivity contribution in [2.24, 2.45) is 0 Å². The monoisotopic (exact) mass is 326 g/mol. The topological polar surface area (TPSA) is 0 Å².